The third-order valence-corrected chi connectivity index (χ3v) is 2.81. The van der Waals surface area contributed by atoms with E-state index >= 15 is 0 Å². The summed E-state index contributed by atoms with van der Waals surface area (Å²) in [5, 5.41) is 2.85. The van der Waals surface area contributed by atoms with Gasteiger partial charge in [-0.25, -0.2) is 8.78 Å². The van der Waals surface area contributed by atoms with Crippen molar-refractivity contribution in [1.29, 1.82) is 0 Å². The third kappa shape index (κ3) is 1.57. The Labute approximate surface area is 78.3 Å². The quantitative estimate of drug-likeness (QED) is 0.623. The predicted molar refractivity (Wildman–Crippen MR) is 49.1 cm³/mol. The minimum atomic E-state index is -2.47. The second-order valence-electron chi connectivity index (χ2n) is 3.63. The molecule has 0 bridgehead atoms. The largest absolute Gasteiger partial charge is 0.304 e. The van der Waals surface area contributed by atoms with Crippen LogP contribution < -0.4 is 5.32 Å². The second-order valence-corrected chi connectivity index (χ2v) is 3.63. The summed E-state index contributed by atoms with van der Waals surface area (Å²) in [5.74, 6) is -2.47. The smallest absolute Gasteiger partial charge is 0.279 e. The number of nitrogens with zero attached hydrogens (tertiary/aromatic N) is 1. The molecule has 0 saturated carbocycles. The van der Waals surface area contributed by atoms with Crippen molar-refractivity contribution in [3.63, 3.8) is 0 Å². The lowest BCUT2D eigenvalue weighted by Crippen LogP contribution is -2.74. The molecule has 0 aliphatic carbocycles. The van der Waals surface area contributed by atoms with Gasteiger partial charge in [-0.05, 0) is 20.0 Å². The molecule has 2 aliphatic rings. The summed E-state index contributed by atoms with van der Waals surface area (Å²) in [6.45, 7) is 5.13. The summed E-state index contributed by atoms with van der Waals surface area (Å²) in [6, 6.07) is 0. The van der Waals surface area contributed by atoms with Crippen molar-refractivity contribution in [3.05, 3.63) is 0 Å². The van der Waals surface area contributed by atoms with Gasteiger partial charge in [-0.3, -0.25) is 5.32 Å². The Morgan fingerprint density at radius 2 is 1.92 bits per heavy atom. The van der Waals surface area contributed by atoms with E-state index in [4.69, 9.17) is 0 Å². The van der Waals surface area contributed by atoms with Crippen LogP contribution >= 0.6 is 0 Å². The van der Waals surface area contributed by atoms with E-state index in [2.05, 4.69) is 5.32 Å². The van der Waals surface area contributed by atoms with Crippen LogP contribution in [-0.4, -0.2) is 43.0 Å². The molecule has 2 fully saturated rings. The molecular formula is C9H18F2N2. The fourth-order valence-corrected chi connectivity index (χ4v) is 1.92. The molecule has 0 aromatic rings. The Bertz CT molecular complexity index is 184. The Balaban J connectivity index is 0.000000396. The van der Waals surface area contributed by atoms with E-state index in [1.165, 1.54) is 0 Å². The normalized spacial score (nSPS) is 36.7. The van der Waals surface area contributed by atoms with Gasteiger partial charge in [-0.1, -0.05) is 13.8 Å². The van der Waals surface area contributed by atoms with E-state index in [-0.39, 0.29) is 6.54 Å². The molecule has 4 heteroatoms. The second kappa shape index (κ2) is 3.50. The Morgan fingerprint density at radius 1 is 1.31 bits per heavy atom. The fraction of sp³-hybridized carbons (Fsp3) is 1.00. The Hall–Kier alpha value is -0.220. The maximum Gasteiger partial charge on any atom is 0.279 e. The molecule has 2 nitrogen and oxygen atoms in total. The molecule has 0 amide bonds. The lowest BCUT2D eigenvalue weighted by atomic mass is 9.83. The zero-order valence-corrected chi connectivity index (χ0v) is 8.53. The summed E-state index contributed by atoms with van der Waals surface area (Å²) in [5.41, 5.74) is -0.873. The number of likely N-dealkylation sites (N-methyl/N-ethyl adjacent to an activating group) is 1. The topological polar surface area (TPSA) is 15.3 Å². The molecule has 0 aromatic carbocycles. The van der Waals surface area contributed by atoms with Crippen molar-refractivity contribution < 1.29 is 8.78 Å². The number of hydrogen-bond acceptors (Lipinski definition) is 2. The molecule has 13 heavy (non-hydrogen) atoms. The SMILES string of the molecule is CC.CN1CCC2(C1)NCC2(F)F. The van der Waals surface area contributed by atoms with Gasteiger partial charge in [-0.15, -0.1) is 0 Å². The molecule has 0 radical (unpaired) electrons. The summed E-state index contributed by atoms with van der Waals surface area (Å²) >= 11 is 0. The molecule has 1 unspecified atom stereocenters. The number of hydrogen-bond donors (Lipinski definition) is 1. The zero-order chi connectivity index (χ0) is 10.1. The first kappa shape index (κ1) is 10.9. The predicted octanol–water partition coefficient (Wildman–Crippen LogP) is 1.33. The monoisotopic (exact) mass is 192 g/mol. The molecule has 2 heterocycles. The lowest BCUT2D eigenvalue weighted by molar-refractivity contribution is -0.148. The van der Waals surface area contributed by atoms with E-state index in [1.54, 1.807) is 0 Å². The first-order valence-corrected chi connectivity index (χ1v) is 4.87. The highest BCUT2D eigenvalue weighted by Gasteiger charge is 2.63. The number of halogens is 2. The van der Waals surface area contributed by atoms with Gasteiger partial charge in [0.15, 0.2) is 0 Å². The highest BCUT2D eigenvalue weighted by Crippen LogP contribution is 2.42. The fourth-order valence-electron chi connectivity index (χ4n) is 1.92. The molecular weight excluding hydrogens is 174 g/mol. The van der Waals surface area contributed by atoms with Crippen molar-refractivity contribution >= 4 is 0 Å². The van der Waals surface area contributed by atoms with Crippen LogP contribution in [0.15, 0.2) is 0 Å². The maximum atomic E-state index is 13.0. The number of rotatable bonds is 0. The first-order chi connectivity index (χ1) is 6.06. The van der Waals surface area contributed by atoms with Crippen LogP contribution in [0, 0.1) is 0 Å². The van der Waals surface area contributed by atoms with Gasteiger partial charge >= 0.3 is 0 Å². The Morgan fingerprint density at radius 3 is 2.08 bits per heavy atom. The third-order valence-electron chi connectivity index (χ3n) is 2.81. The van der Waals surface area contributed by atoms with Gasteiger partial charge in [0.25, 0.3) is 5.92 Å². The van der Waals surface area contributed by atoms with Crippen molar-refractivity contribution in [3.8, 4) is 0 Å². The average molecular weight is 192 g/mol. The van der Waals surface area contributed by atoms with Crippen LogP contribution in [0.2, 0.25) is 0 Å². The van der Waals surface area contributed by atoms with Crippen LogP contribution in [-0.2, 0) is 0 Å². The van der Waals surface area contributed by atoms with Crippen LogP contribution in [0.4, 0.5) is 8.78 Å². The molecule has 2 saturated heterocycles. The van der Waals surface area contributed by atoms with E-state index in [0.717, 1.165) is 6.54 Å². The van der Waals surface area contributed by atoms with Gasteiger partial charge in [0.2, 0.25) is 0 Å². The molecule has 1 spiro atoms. The molecule has 2 rings (SSSR count). The lowest BCUT2D eigenvalue weighted by Gasteiger charge is -2.47. The van der Waals surface area contributed by atoms with E-state index < -0.39 is 11.5 Å². The van der Waals surface area contributed by atoms with Crippen LogP contribution in [0.5, 0.6) is 0 Å². The molecule has 2 aliphatic heterocycles. The van der Waals surface area contributed by atoms with Gasteiger partial charge in [-0.2, -0.15) is 0 Å². The van der Waals surface area contributed by atoms with Gasteiger partial charge < -0.3 is 4.90 Å². The summed E-state index contributed by atoms with van der Waals surface area (Å²) < 4.78 is 26.0. The maximum absolute atomic E-state index is 13.0. The molecule has 1 N–H and O–H groups in total. The molecule has 78 valence electrons. The minimum absolute atomic E-state index is 0.138. The van der Waals surface area contributed by atoms with E-state index in [9.17, 15) is 8.78 Å². The van der Waals surface area contributed by atoms with Crippen LogP contribution in [0.3, 0.4) is 0 Å². The van der Waals surface area contributed by atoms with Crippen molar-refractivity contribution in [1.82, 2.24) is 10.2 Å². The average Bonchev–Trinajstić information content (AvgIpc) is 2.52. The molecule has 1 atom stereocenters. The van der Waals surface area contributed by atoms with Crippen molar-refractivity contribution in [2.75, 3.05) is 26.7 Å². The van der Waals surface area contributed by atoms with E-state index in [0.29, 0.717) is 13.0 Å². The molecule has 0 aromatic heterocycles. The number of alkyl halides is 2. The van der Waals surface area contributed by atoms with Gasteiger partial charge in [0.1, 0.15) is 0 Å². The Kier molecular flexibility index (Phi) is 2.92. The number of likely N-dealkylation sites (tertiary alicyclic amines) is 1. The summed E-state index contributed by atoms with van der Waals surface area (Å²) in [7, 11) is 1.88. The number of nitrogens with one attached hydrogen (secondary N) is 1. The minimum Gasteiger partial charge on any atom is -0.304 e. The van der Waals surface area contributed by atoms with Crippen molar-refractivity contribution in [2.45, 2.75) is 31.7 Å². The van der Waals surface area contributed by atoms with Gasteiger partial charge in [0.05, 0.1) is 12.1 Å². The summed E-state index contributed by atoms with van der Waals surface area (Å²) in [4.78, 5) is 1.94. The zero-order valence-electron chi connectivity index (χ0n) is 8.53. The van der Waals surface area contributed by atoms with Crippen molar-refractivity contribution in [2.24, 2.45) is 0 Å². The highest BCUT2D eigenvalue weighted by atomic mass is 19.3. The van der Waals surface area contributed by atoms with Crippen LogP contribution in [0.25, 0.3) is 0 Å². The standard InChI is InChI=1S/C7H12F2N2.C2H6/c1-11-3-2-6(5-11)7(8,9)4-10-6;1-2/h10H,2-5H2,1H3;1-2H3. The van der Waals surface area contributed by atoms with Gasteiger partial charge in [0, 0.05) is 6.54 Å². The highest BCUT2D eigenvalue weighted by molar-refractivity contribution is 5.14. The summed E-state index contributed by atoms with van der Waals surface area (Å²) in [6.07, 6.45) is 0.580. The van der Waals surface area contributed by atoms with E-state index in [1.807, 2.05) is 25.8 Å². The van der Waals surface area contributed by atoms with Crippen LogP contribution in [0.1, 0.15) is 20.3 Å². The first-order valence-electron chi connectivity index (χ1n) is 4.87.